The van der Waals surface area contributed by atoms with Crippen molar-refractivity contribution in [1.82, 2.24) is 14.9 Å². The molecule has 2 aliphatic rings. The first-order valence-corrected chi connectivity index (χ1v) is 9.60. The molecule has 2 unspecified atom stereocenters. The van der Waals surface area contributed by atoms with E-state index >= 15 is 0 Å². The van der Waals surface area contributed by atoms with Crippen LogP contribution < -0.4 is 4.90 Å². The minimum absolute atomic E-state index is 0.255. The Morgan fingerprint density at radius 3 is 2.73 bits per heavy atom. The van der Waals surface area contributed by atoms with Crippen molar-refractivity contribution >= 4 is 5.82 Å². The Kier molecular flexibility index (Phi) is 4.92. The first-order valence-electron chi connectivity index (χ1n) is 9.60. The molecule has 2 fully saturated rings. The predicted molar refractivity (Wildman–Crippen MR) is 103 cm³/mol. The molecule has 0 spiro atoms. The number of hydrogen-bond donors (Lipinski definition) is 0. The van der Waals surface area contributed by atoms with Crippen molar-refractivity contribution in [2.75, 3.05) is 31.1 Å². The number of nitrogens with zero attached hydrogens (tertiary/aromatic N) is 4. The average Bonchev–Trinajstić information content (AvgIpc) is 3.07. The highest BCUT2D eigenvalue weighted by atomic mass is 16.5. The van der Waals surface area contributed by atoms with Crippen molar-refractivity contribution in [2.24, 2.45) is 0 Å². The fraction of sp³-hybridized carbons (Fsp3) is 0.524. The summed E-state index contributed by atoms with van der Waals surface area (Å²) in [7, 11) is 0. The van der Waals surface area contributed by atoms with Gasteiger partial charge in [-0.2, -0.15) is 0 Å². The Hall–Kier alpha value is -1.98. The van der Waals surface area contributed by atoms with Gasteiger partial charge in [-0.1, -0.05) is 44.2 Å². The number of aryl methyl sites for hydroxylation is 1. The number of aromatic nitrogens is 2. The van der Waals surface area contributed by atoms with Crippen molar-refractivity contribution in [3.63, 3.8) is 0 Å². The molecule has 0 aliphatic carbocycles. The molecule has 1 aromatic carbocycles. The lowest BCUT2D eigenvalue weighted by Crippen LogP contribution is -2.50. The molecule has 2 aromatic rings. The minimum atomic E-state index is 0.255. The molecule has 4 rings (SSSR count). The summed E-state index contributed by atoms with van der Waals surface area (Å²) in [5.74, 6) is 2.31. The second-order valence-electron chi connectivity index (χ2n) is 7.72. The number of fused-ring (bicyclic) bond motifs is 1. The van der Waals surface area contributed by atoms with Crippen LogP contribution in [0, 0.1) is 6.92 Å². The molecule has 0 radical (unpaired) electrons. The van der Waals surface area contributed by atoms with Gasteiger partial charge in [-0.3, -0.25) is 4.90 Å². The van der Waals surface area contributed by atoms with E-state index in [9.17, 15) is 0 Å². The summed E-state index contributed by atoms with van der Waals surface area (Å²) in [5, 5.41) is 0. The number of anilines is 1. The van der Waals surface area contributed by atoms with Gasteiger partial charge < -0.3 is 9.64 Å². The lowest BCUT2D eigenvalue weighted by molar-refractivity contribution is -0.0499. The first kappa shape index (κ1) is 17.4. The van der Waals surface area contributed by atoms with Crippen LogP contribution in [0.25, 0.3) is 0 Å². The monoisotopic (exact) mass is 352 g/mol. The fourth-order valence-electron chi connectivity index (χ4n) is 3.95. The zero-order valence-electron chi connectivity index (χ0n) is 15.9. The highest BCUT2D eigenvalue weighted by molar-refractivity contribution is 5.42. The highest BCUT2D eigenvalue weighted by Gasteiger charge is 2.40. The van der Waals surface area contributed by atoms with Crippen LogP contribution in [-0.2, 0) is 11.3 Å². The van der Waals surface area contributed by atoms with Crippen LogP contribution >= 0.6 is 0 Å². The molecule has 0 saturated carbocycles. The van der Waals surface area contributed by atoms with Crippen LogP contribution in [0.1, 0.15) is 36.8 Å². The Morgan fingerprint density at radius 2 is 1.96 bits per heavy atom. The third-order valence-electron chi connectivity index (χ3n) is 5.34. The molecule has 0 N–H and O–H groups in total. The maximum absolute atomic E-state index is 6.10. The normalized spacial score (nSPS) is 23.5. The number of rotatable bonds is 4. The van der Waals surface area contributed by atoms with E-state index in [-0.39, 0.29) is 6.10 Å². The number of benzene rings is 1. The van der Waals surface area contributed by atoms with Gasteiger partial charge in [-0.25, -0.2) is 9.97 Å². The summed E-state index contributed by atoms with van der Waals surface area (Å²) in [5.41, 5.74) is 2.40. The quantitative estimate of drug-likeness (QED) is 0.846. The first-order chi connectivity index (χ1) is 12.6. The van der Waals surface area contributed by atoms with Crippen molar-refractivity contribution in [3.05, 3.63) is 53.5 Å². The topological polar surface area (TPSA) is 41.5 Å². The van der Waals surface area contributed by atoms with E-state index in [1.807, 2.05) is 0 Å². The van der Waals surface area contributed by atoms with E-state index in [1.165, 1.54) is 5.56 Å². The van der Waals surface area contributed by atoms with Crippen molar-refractivity contribution < 1.29 is 4.74 Å². The molecule has 0 amide bonds. The molecule has 3 heterocycles. The lowest BCUT2D eigenvalue weighted by Gasteiger charge is -2.36. The van der Waals surface area contributed by atoms with Gasteiger partial charge in [0.05, 0.1) is 18.8 Å². The summed E-state index contributed by atoms with van der Waals surface area (Å²) in [6.45, 7) is 11.0. The van der Waals surface area contributed by atoms with Gasteiger partial charge in [0, 0.05) is 43.9 Å². The molecule has 2 aliphatic heterocycles. The Bertz CT molecular complexity index is 749. The van der Waals surface area contributed by atoms with Gasteiger partial charge in [0.2, 0.25) is 0 Å². The molecule has 138 valence electrons. The SMILES string of the molecule is Cc1cc(N2CC3OCCN(Cc4ccccc4)C3C2)nc(C(C)C)n1. The minimum Gasteiger partial charge on any atom is -0.373 e. The molecule has 5 heteroatoms. The zero-order chi connectivity index (χ0) is 18.1. The standard InChI is InChI=1S/C21H28N4O/c1-15(2)21-22-16(3)11-20(23-21)25-13-18-19(14-25)26-10-9-24(18)12-17-7-5-4-6-8-17/h4-8,11,15,18-19H,9-10,12-14H2,1-3H3. The third kappa shape index (κ3) is 3.60. The van der Waals surface area contributed by atoms with Crippen LogP contribution in [0.4, 0.5) is 5.82 Å². The second kappa shape index (κ2) is 7.33. The van der Waals surface area contributed by atoms with Crippen LogP contribution in [-0.4, -0.2) is 53.3 Å². The predicted octanol–water partition coefficient (Wildman–Crippen LogP) is 3.00. The second-order valence-corrected chi connectivity index (χ2v) is 7.72. The number of hydrogen-bond acceptors (Lipinski definition) is 5. The van der Waals surface area contributed by atoms with Gasteiger partial charge in [0.25, 0.3) is 0 Å². The zero-order valence-corrected chi connectivity index (χ0v) is 15.9. The smallest absolute Gasteiger partial charge is 0.133 e. The highest BCUT2D eigenvalue weighted by Crippen LogP contribution is 2.28. The van der Waals surface area contributed by atoms with E-state index in [1.54, 1.807) is 0 Å². The van der Waals surface area contributed by atoms with E-state index in [0.29, 0.717) is 12.0 Å². The third-order valence-corrected chi connectivity index (χ3v) is 5.34. The van der Waals surface area contributed by atoms with Crippen LogP contribution in [0.15, 0.2) is 36.4 Å². The molecule has 1 aromatic heterocycles. The Labute approximate surface area is 156 Å². The summed E-state index contributed by atoms with van der Waals surface area (Å²) in [4.78, 5) is 14.4. The van der Waals surface area contributed by atoms with Crippen molar-refractivity contribution in [3.8, 4) is 0 Å². The van der Waals surface area contributed by atoms with Gasteiger partial charge in [-0.15, -0.1) is 0 Å². The Morgan fingerprint density at radius 1 is 1.15 bits per heavy atom. The summed E-state index contributed by atoms with van der Waals surface area (Å²) < 4.78 is 6.10. The van der Waals surface area contributed by atoms with E-state index in [4.69, 9.17) is 9.72 Å². The maximum Gasteiger partial charge on any atom is 0.133 e. The molecule has 2 saturated heterocycles. The summed E-state index contributed by atoms with van der Waals surface area (Å²) in [6, 6.07) is 13.2. The largest absolute Gasteiger partial charge is 0.373 e. The molecule has 2 atom stereocenters. The van der Waals surface area contributed by atoms with E-state index < -0.39 is 0 Å². The molecular formula is C21H28N4O. The summed E-state index contributed by atoms with van der Waals surface area (Å²) in [6.07, 6.45) is 0.255. The Balaban J connectivity index is 1.52. The van der Waals surface area contributed by atoms with Gasteiger partial charge in [-0.05, 0) is 12.5 Å². The van der Waals surface area contributed by atoms with Crippen molar-refractivity contribution in [2.45, 2.75) is 45.4 Å². The summed E-state index contributed by atoms with van der Waals surface area (Å²) >= 11 is 0. The molecule has 26 heavy (non-hydrogen) atoms. The van der Waals surface area contributed by atoms with Gasteiger partial charge in [0.15, 0.2) is 0 Å². The number of ether oxygens (including phenoxy) is 1. The maximum atomic E-state index is 6.10. The molecule has 0 bridgehead atoms. The van der Waals surface area contributed by atoms with E-state index in [0.717, 1.165) is 50.1 Å². The van der Waals surface area contributed by atoms with Crippen LogP contribution in [0.3, 0.4) is 0 Å². The van der Waals surface area contributed by atoms with Gasteiger partial charge in [0.1, 0.15) is 11.6 Å². The average molecular weight is 352 g/mol. The molecule has 5 nitrogen and oxygen atoms in total. The van der Waals surface area contributed by atoms with Crippen LogP contribution in [0.2, 0.25) is 0 Å². The lowest BCUT2D eigenvalue weighted by atomic mass is 10.1. The van der Waals surface area contributed by atoms with Crippen molar-refractivity contribution in [1.29, 1.82) is 0 Å². The number of morpholine rings is 1. The van der Waals surface area contributed by atoms with Gasteiger partial charge >= 0.3 is 0 Å². The van der Waals surface area contributed by atoms with Crippen LogP contribution in [0.5, 0.6) is 0 Å². The molecular weight excluding hydrogens is 324 g/mol. The fourth-order valence-corrected chi connectivity index (χ4v) is 3.95. The van der Waals surface area contributed by atoms with E-state index in [2.05, 4.69) is 72.0 Å².